The maximum atomic E-state index is 13.0. The third-order valence-corrected chi connectivity index (χ3v) is 2.76. The minimum absolute atomic E-state index is 0.151. The van der Waals surface area contributed by atoms with Gasteiger partial charge in [0.05, 0.1) is 18.2 Å². The van der Waals surface area contributed by atoms with Crippen LogP contribution in [-0.4, -0.2) is 19.0 Å². The Morgan fingerprint density at radius 3 is 2.69 bits per heavy atom. The summed E-state index contributed by atoms with van der Waals surface area (Å²) < 4.78 is 26.0. The van der Waals surface area contributed by atoms with Crippen molar-refractivity contribution in [2.75, 3.05) is 18.0 Å². The van der Waals surface area contributed by atoms with E-state index in [-0.39, 0.29) is 19.5 Å². The SMILES string of the molecule is N#Cc1cc(Cl)cc(N2CCC(F)(F)C2)c1. The predicted molar refractivity (Wildman–Crippen MR) is 57.9 cm³/mol. The Bertz CT molecular complexity index is 454. The molecule has 5 heteroatoms. The van der Waals surface area contributed by atoms with Crippen LogP contribution in [0.15, 0.2) is 18.2 Å². The number of hydrogen-bond donors (Lipinski definition) is 0. The number of halogens is 3. The van der Waals surface area contributed by atoms with Gasteiger partial charge < -0.3 is 4.90 Å². The number of nitriles is 1. The molecular formula is C11H9ClF2N2. The van der Waals surface area contributed by atoms with Crippen LogP contribution in [-0.2, 0) is 0 Å². The number of rotatable bonds is 1. The monoisotopic (exact) mass is 242 g/mol. The van der Waals surface area contributed by atoms with Crippen LogP contribution in [0.5, 0.6) is 0 Å². The molecule has 1 aliphatic heterocycles. The van der Waals surface area contributed by atoms with Crippen LogP contribution in [0.25, 0.3) is 0 Å². The van der Waals surface area contributed by atoms with Gasteiger partial charge in [0.25, 0.3) is 5.92 Å². The fourth-order valence-electron chi connectivity index (χ4n) is 1.78. The summed E-state index contributed by atoms with van der Waals surface area (Å²) in [7, 11) is 0. The number of anilines is 1. The minimum atomic E-state index is -2.64. The average Bonchev–Trinajstić information content (AvgIpc) is 2.58. The first-order valence-corrected chi connectivity index (χ1v) is 5.21. The molecule has 0 atom stereocenters. The highest BCUT2D eigenvalue weighted by molar-refractivity contribution is 6.31. The lowest BCUT2D eigenvalue weighted by molar-refractivity contribution is 0.0257. The molecule has 0 aromatic heterocycles. The van der Waals surface area contributed by atoms with Crippen molar-refractivity contribution in [1.29, 1.82) is 5.26 Å². The van der Waals surface area contributed by atoms with Crippen molar-refractivity contribution in [1.82, 2.24) is 0 Å². The highest BCUT2D eigenvalue weighted by Crippen LogP contribution is 2.32. The fraction of sp³-hybridized carbons (Fsp3) is 0.364. The van der Waals surface area contributed by atoms with Gasteiger partial charge in [0.1, 0.15) is 0 Å². The van der Waals surface area contributed by atoms with Gasteiger partial charge in [0.2, 0.25) is 0 Å². The van der Waals surface area contributed by atoms with E-state index in [9.17, 15) is 8.78 Å². The molecule has 1 aliphatic rings. The van der Waals surface area contributed by atoms with E-state index in [0.29, 0.717) is 16.3 Å². The predicted octanol–water partition coefficient (Wildman–Crippen LogP) is 3.06. The van der Waals surface area contributed by atoms with Crippen molar-refractivity contribution in [3.63, 3.8) is 0 Å². The maximum Gasteiger partial charge on any atom is 0.266 e. The smallest absolute Gasteiger partial charge is 0.266 e. The number of benzene rings is 1. The fourth-order valence-corrected chi connectivity index (χ4v) is 2.01. The molecule has 1 aromatic carbocycles. The zero-order chi connectivity index (χ0) is 11.8. The lowest BCUT2D eigenvalue weighted by Crippen LogP contribution is -2.24. The molecule has 1 heterocycles. The van der Waals surface area contributed by atoms with Crippen molar-refractivity contribution in [3.05, 3.63) is 28.8 Å². The summed E-state index contributed by atoms with van der Waals surface area (Å²) in [6, 6.07) is 6.64. The van der Waals surface area contributed by atoms with Crippen molar-refractivity contribution >= 4 is 17.3 Å². The van der Waals surface area contributed by atoms with E-state index in [1.165, 1.54) is 6.07 Å². The average molecular weight is 243 g/mol. The van der Waals surface area contributed by atoms with Crippen molar-refractivity contribution in [2.24, 2.45) is 0 Å². The second-order valence-corrected chi connectivity index (χ2v) is 4.27. The topological polar surface area (TPSA) is 27.0 Å². The van der Waals surface area contributed by atoms with Gasteiger partial charge >= 0.3 is 0 Å². The molecule has 0 radical (unpaired) electrons. The summed E-state index contributed by atoms with van der Waals surface area (Å²) in [5.41, 5.74) is 0.971. The first-order valence-electron chi connectivity index (χ1n) is 4.84. The van der Waals surface area contributed by atoms with E-state index in [4.69, 9.17) is 16.9 Å². The van der Waals surface area contributed by atoms with Crippen LogP contribution in [0.2, 0.25) is 5.02 Å². The summed E-state index contributed by atoms with van der Waals surface area (Å²) in [4.78, 5) is 1.55. The van der Waals surface area contributed by atoms with Gasteiger partial charge in [-0.15, -0.1) is 0 Å². The Labute approximate surface area is 97.0 Å². The molecule has 1 saturated heterocycles. The molecule has 84 valence electrons. The van der Waals surface area contributed by atoms with Crippen molar-refractivity contribution < 1.29 is 8.78 Å². The lowest BCUT2D eigenvalue weighted by Gasteiger charge is -2.18. The van der Waals surface area contributed by atoms with E-state index < -0.39 is 5.92 Å². The summed E-state index contributed by atoms with van der Waals surface area (Å²) in [6.07, 6.45) is -0.151. The second kappa shape index (κ2) is 3.91. The third kappa shape index (κ3) is 2.25. The van der Waals surface area contributed by atoms with Crippen LogP contribution in [0.1, 0.15) is 12.0 Å². The number of nitrogens with zero attached hydrogens (tertiary/aromatic N) is 2. The lowest BCUT2D eigenvalue weighted by atomic mass is 10.2. The molecular weight excluding hydrogens is 234 g/mol. The molecule has 0 aliphatic carbocycles. The molecule has 0 spiro atoms. The zero-order valence-electron chi connectivity index (χ0n) is 8.38. The molecule has 2 nitrogen and oxygen atoms in total. The van der Waals surface area contributed by atoms with E-state index >= 15 is 0 Å². The molecule has 0 N–H and O–H groups in total. The minimum Gasteiger partial charge on any atom is -0.365 e. The highest BCUT2D eigenvalue weighted by Gasteiger charge is 2.38. The van der Waals surface area contributed by atoms with E-state index in [1.54, 1.807) is 17.0 Å². The van der Waals surface area contributed by atoms with Gasteiger partial charge in [-0.2, -0.15) is 5.26 Å². The van der Waals surface area contributed by atoms with Gasteiger partial charge in [-0.3, -0.25) is 0 Å². The Kier molecular flexibility index (Phi) is 2.73. The quantitative estimate of drug-likeness (QED) is 0.757. The molecule has 0 bridgehead atoms. The van der Waals surface area contributed by atoms with Crippen LogP contribution in [0, 0.1) is 11.3 Å². The first-order chi connectivity index (χ1) is 7.50. The Hall–Kier alpha value is -1.34. The summed E-state index contributed by atoms with van der Waals surface area (Å²) in [5.74, 6) is -2.64. The van der Waals surface area contributed by atoms with Gasteiger partial charge in [-0.1, -0.05) is 11.6 Å². The molecule has 0 amide bonds. The molecule has 1 aromatic rings. The second-order valence-electron chi connectivity index (χ2n) is 3.84. The van der Waals surface area contributed by atoms with E-state index in [1.807, 2.05) is 6.07 Å². The Morgan fingerprint density at radius 1 is 1.38 bits per heavy atom. The van der Waals surface area contributed by atoms with Crippen LogP contribution < -0.4 is 4.90 Å². The van der Waals surface area contributed by atoms with E-state index in [2.05, 4.69) is 0 Å². The van der Waals surface area contributed by atoms with Gasteiger partial charge in [0, 0.05) is 23.7 Å². The molecule has 1 fully saturated rings. The summed E-state index contributed by atoms with van der Waals surface area (Å²) in [6.45, 7) is -0.0174. The first kappa shape index (κ1) is 11.2. The molecule has 2 rings (SSSR count). The summed E-state index contributed by atoms with van der Waals surface area (Å²) in [5, 5.41) is 9.15. The standard InChI is InChI=1S/C11H9ClF2N2/c12-9-3-8(6-15)4-10(5-9)16-2-1-11(13,14)7-16/h3-5H,1-2,7H2. The third-order valence-electron chi connectivity index (χ3n) is 2.55. The van der Waals surface area contributed by atoms with Crippen LogP contribution >= 0.6 is 11.6 Å². The van der Waals surface area contributed by atoms with Crippen LogP contribution in [0.4, 0.5) is 14.5 Å². The van der Waals surface area contributed by atoms with Gasteiger partial charge in [-0.05, 0) is 18.2 Å². The number of alkyl halides is 2. The number of hydrogen-bond acceptors (Lipinski definition) is 2. The van der Waals surface area contributed by atoms with Crippen molar-refractivity contribution in [3.8, 4) is 6.07 Å². The highest BCUT2D eigenvalue weighted by atomic mass is 35.5. The van der Waals surface area contributed by atoms with E-state index in [0.717, 1.165) is 0 Å². The van der Waals surface area contributed by atoms with Gasteiger partial charge in [0.15, 0.2) is 0 Å². The molecule has 16 heavy (non-hydrogen) atoms. The Balaban J connectivity index is 2.29. The van der Waals surface area contributed by atoms with Gasteiger partial charge in [-0.25, -0.2) is 8.78 Å². The zero-order valence-corrected chi connectivity index (χ0v) is 9.14. The van der Waals surface area contributed by atoms with Crippen molar-refractivity contribution in [2.45, 2.75) is 12.3 Å². The maximum absolute atomic E-state index is 13.0. The largest absolute Gasteiger partial charge is 0.365 e. The summed E-state index contributed by atoms with van der Waals surface area (Å²) >= 11 is 5.81. The normalized spacial score (nSPS) is 18.5. The molecule has 0 unspecified atom stereocenters. The Morgan fingerprint density at radius 2 is 2.12 bits per heavy atom. The van der Waals surface area contributed by atoms with Crippen LogP contribution in [0.3, 0.4) is 0 Å². The molecule has 0 saturated carbocycles.